The summed E-state index contributed by atoms with van der Waals surface area (Å²) in [6, 6.07) is 9.88. The van der Waals surface area contributed by atoms with Gasteiger partial charge in [0.2, 0.25) is 5.91 Å². The van der Waals surface area contributed by atoms with Crippen LogP contribution in [0.15, 0.2) is 36.7 Å². The van der Waals surface area contributed by atoms with Crippen molar-refractivity contribution in [2.24, 2.45) is 5.92 Å². The number of amides is 1. The molecule has 2 aromatic rings. The zero-order valence-corrected chi connectivity index (χ0v) is 16.9. The van der Waals surface area contributed by atoms with E-state index >= 15 is 0 Å². The lowest BCUT2D eigenvalue weighted by Crippen LogP contribution is -2.60. The number of piperidine rings is 3. The minimum absolute atomic E-state index is 0.312. The maximum absolute atomic E-state index is 13.3. The largest absolute Gasteiger partial charge is 0.337 e. The molecule has 28 heavy (non-hydrogen) atoms. The van der Waals surface area contributed by atoms with Gasteiger partial charge in [-0.3, -0.25) is 9.69 Å². The molecule has 5 heteroatoms. The van der Waals surface area contributed by atoms with E-state index in [4.69, 9.17) is 0 Å². The van der Waals surface area contributed by atoms with E-state index in [9.17, 15) is 4.79 Å². The zero-order chi connectivity index (χ0) is 19.3. The number of aryl methyl sites for hydroxylation is 3. The fourth-order valence-electron chi connectivity index (χ4n) is 5.81. The van der Waals surface area contributed by atoms with E-state index in [0.29, 0.717) is 36.2 Å². The van der Waals surface area contributed by atoms with Gasteiger partial charge in [-0.1, -0.05) is 29.8 Å². The topological polar surface area (TPSA) is 41.4 Å². The number of hydrogen-bond donors (Lipinski definition) is 0. The molecule has 6 rings (SSSR count). The Balaban J connectivity index is 1.39. The molecular weight excluding hydrogens is 348 g/mol. The summed E-state index contributed by atoms with van der Waals surface area (Å²) in [5.41, 5.74) is 2.70. The summed E-state index contributed by atoms with van der Waals surface area (Å²) >= 11 is 0. The van der Waals surface area contributed by atoms with Crippen molar-refractivity contribution in [1.29, 1.82) is 0 Å². The monoisotopic (exact) mass is 378 g/mol. The molecule has 4 fully saturated rings. The molecule has 4 aliphatic heterocycles. The quantitative estimate of drug-likeness (QED) is 0.821. The van der Waals surface area contributed by atoms with Gasteiger partial charge in [0.15, 0.2) is 0 Å². The molecule has 1 aromatic heterocycles. The Bertz CT molecular complexity index is 850. The van der Waals surface area contributed by atoms with Crippen molar-refractivity contribution in [3.8, 4) is 0 Å². The van der Waals surface area contributed by atoms with E-state index in [1.807, 2.05) is 19.3 Å². The Hall–Kier alpha value is -2.14. The number of likely N-dealkylation sites (tertiary alicyclic amines) is 1. The summed E-state index contributed by atoms with van der Waals surface area (Å²) < 4.78 is 2.08. The summed E-state index contributed by atoms with van der Waals surface area (Å²) in [4.78, 5) is 22.5. The van der Waals surface area contributed by atoms with E-state index in [1.54, 1.807) is 0 Å². The molecule has 5 nitrogen and oxygen atoms in total. The maximum atomic E-state index is 13.3. The van der Waals surface area contributed by atoms with Crippen LogP contribution >= 0.6 is 0 Å². The van der Waals surface area contributed by atoms with Gasteiger partial charge in [-0.15, -0.1) is 0 Å². The zero-order valence-electron chi connectivity index (χ0n) is 16.9. The van der Waals surface area contributed by atoms with Crippen molar-refractivity contribution in [3.05, 3.63) is 53.6 Å². The molecule has 5 heterocycles. The van der Waals surface area contributed by atoms with E-state index < -0.39 is 0 Å². The Labute approximate surface area is 167 Å². The smallest absolute Gasteiger partial charge is 0.224 e. The summed E-state index contributed by atoms with van der Waals surface area (Å²) in [6.45, 7) is 8.13. The fourth-order valence-corrected chi connectivity index (χ4v) is 5.81. The molecule has 1 amide bonds. The number of hydrogen-bond acceptors (Lipinski definition) is 3. The second-order valence-electron chi connectivity index (χ2n) is 8.84. The number of fused-ring (bicyclic) bond motifs is 2. The Morgan fingerprint density at radius 1 is 1.11 bits per heavy atom. The third kappa shape index (κ3) is 2.96. The lowest BCUT2D eigenvalue weighted by Gasteiger charge is -2.51. The van der Waals surface area contributed by atoms with Crippen molar-refractivity contribution < 1.29 is 4.79 Å². The van der Waals surface area contributed by atoms with Crippen molar-refractivity contribution >= 4 is 5.91 Å². The number of imidazole rings is 1. The van der Waals surface area contributed by atoms with Gasteiger partial charge >= 0.3 is 0 Å². The molecule has 0 saturated carbocycles. The highest BCUT2D eigenvalue weighted by atomic mass is 16.2. The molecular formula is C23H30N4O. The van der Waals surface area contributed by atoms with Crippen molar-refractivity contribution in [3.63, 3.8) is 0 Å². The van der Waals surface area contributed by atoms with Crippen LogP contribution in [0.25, 0.3) is 0 Å². The molecule has 2 bridgehead atoms. The molecule has 0 spiro atoms. The van der Waals surface area contributed by atoms with E-state index in [1.165, 1.54) is 37.1 Å². The first-order valence-corrected chi connectivity index (χ1v) is 10.7. The second-order valence-corrected chi connectivity index (χ2v) is 8.84. The van der Waals surface area contributed by atoms with E-state index in [2.05, 4.69) is 50.5 Å². The minimum Gasteiger partial charge on any atom is -0.337 e. The van der Waals surface area contributed by atoms with E-state index in [0.717, 1.165) is 18.9 Å². The van der Waals surface area contributed by atoms with Gasteiger partial charge in [-0.25, -0.2) is 4.98 Å². The van der Waals surface area contributed by atoms with Crippen LogP contribution in [0.4, 0.5) is 0 Å². The van der Waals surface area contributed by atoms with Crippen LogP contribution in [-0.2, 0) is 11.3 Å². The molecule has 0 radical (unpaired) electrons. The Kier molecular flexibility index (Phi) is 4.50. The second kappa shape index (κ2) is 7.03. The number of rotatable bonds is 4. The molecule has 0 N–H and O–H groups in total. The lowest BCUT2D eigenvalue weighted by atomic mass is 9.75. The van der Waals surface area contributed by atoms with Crippen molar-refractivity contribution in [1.82, 2.24) is 19.4 Å². The van der Waals surface area contributed by atoms with Crippen LogP contribution in [0.3, 0.4) is 0 Å². The van der Waals surface area contributed by atoms with Crippen molar-refractivity contribution in [2.75, 3.05) is 19.6 Å². The fraction of sp³-hybridized carbons (Fsp3) is 0.565. The highest BCUT2D eigenvalue weighted by Gasteiger charge is 2.54. The van der Waals surface area contributed by atoms with Gasteiger partial charge in [0.25, 0.3) is 0 Å². The number of carbonyl (C=O) groups excluding carboxylic acids is 1. The highest BCUT2D eigenvalue weighted by molar-refractivity contribution is 5.77. The van der Waals surface area contributed by atoms with Gasteiger partial charge in [0, 0.05) is 43.9 Å². The predicted octanol–water partition coefficient (Wildman–Crippen LogP) is 2.98. The predicted molar refractivity (Wildman–Crippen MR) is 109 cm³/mol. The van der Waals surface area contributed by atoms with Crippen LogP contribution in [0.2, 0.25) is 0 Å². The average Bonchev–Trinajstić information content (AvgIpc) is 3.33. The molecule has 3 atom stereocenters. The van der Waals surface area contributed by atoms with Crippen LogP contribution in [-0.4, -0.2) is 57.0 Å². The Morgan fingerprint density at radius 2 is 1.86 bits per heavy atom. The van der Waals surface area contributed by atoms with Gasteiger partial charge in [-0.2, -0.15) is 0 Å². The molecule has 0 aliphatic carbocycles. The maximum Gasteiger partial charge on any atom is 0.224 e. The number of carbonyl (C=O) groups is 1. The summed E-state index contributed by atoms with van der Waals surface area (Å²) in [5, 5.41) is 0. The lowest BCUT2D eigenvalue weighted by molar-refractivity contribution is -0.136. The van der Waals surface area contributed by atoms with Gasteiger partial charge < -0.3 is 9.47 Å². The van der Waals surface area contributed by atoms with Gasteiger partial charge in [0.05, 0.1) is 6.04 Å². The van der Waals surface area contributed by atoms with Crippen LogP contribution in [0.5, 0.6) is 0 Å². The molecule has 4 aliphatic rings. The molecule has 0 unspecified atom stereocenters. The Morgan fingerprint density at radius 3 is 2.54 bits per heavy atom. The number of nitrogens with zero attached hydrogens (tertiary/aromatic N) is 4. The highest BCUT2D eigenvalue weighted by Crippen LogP contribution is 2.46. The molecule has 1 aromatic carbocycles. The summed E-state index contributed by atoms with van der Waals surface area (Å²) in [6.07, 6.45) is 6.83. The first-order valence-electron chi connectivity index (χ1n) is 10.7. The van der Waals surface area contributed by atoms with Crippen LogP contribution < -0.4 is 0 Å². The third-order valence-corrected chi connectivity index (χ3v) is 7.31. The molecule has 148 valence electrons. The number of benzene rings is 1. The molecule has 4 saturated heterocycles. The summed E-state index contributed by atoms with van der Waals surface area (Å²) in [7, 11) is 0. The average molecular weight is 379 g/mol. The first-order chi connectivity index (χ1) is 13.6. The standard InChI is InChI=1S/C23H30N4O/c1-16-3-5-18(6-4-16)20-15-27(21(28)9-13-25-14-10-24-17(25)2)22-19-7-11-26(12-8-19)23(20)22/h3-6,10,14,19-20,22-23H,7-9,11-13,15H2,1-2H3/t20-,22-,23-/m1/s1. The number of aromatic nitrogens is 2. The van der Waals surface area contributed by atoms with Crippen LogP contribution in [0, 0.1) is 19.8 Å². The van der Waals surface area contributed by atoms with Gasteiger partial charge in [0.1, 0.15) is 5.82 Å². The van der Waals surface area contributed by atoms with E-state index in [-0.39, 0.29) is 0 Å². The van der Waals surface area contributed by atoms with Crippen molar-refractivity contribution in [2.45, 2.75) is 57.7 Å². The third-order valence-electron chi connectivity index (χ3n) is 7.31. The normalized spacial score (nSPS) is 31.2. The minimum atomic E-state index is 0.312. The van der Waals surface area contributed by atoms with Crippen LogP contribution in [0.1, 0.15) is 42.1 Å². The SMILES string of the molecule is Cc1ccc([C@H]2CN(C(=O)CCn3ccnc3C)[C@@H]3C4CCN(CC4)[C@H]23)cc1. The van der Waals surface area contributed by atoms with Gasteiger partial charge in [-0.05, 0) is 51.3 Å². The first kappa shape index (κ1) is 17.9. The summed E-state index contributed by atoms with van der Waals surface area (Å²) in [5.74, 6) is 2.40.